The molecule has 1 aromatic carbocycles. The van der Waals surface area contributed by atoms with Crippen LogP contribution in [0, 0.1) is 0 Å². The van der Waals surface area contributed by atoms with Crippen molar-refractivity contribution in [1.82, 2.24) is 9.55 Å². The summed E-state index contributed by atoms with van der Waals surface area (Å²) in [6.45, 7) is 2.61. The molecule has 0 fully saturated rings. The van der Waals surface area contributed by atoms with Gasteiger partial charge in [0.15, 0.2) is 0 Å². The van der Waals surface area contributed by atoms with Crippen LogP contribution in [0.25, 0.3) is 21.8 Å². The fourth-order valence-electron chi connectivity index (χ4n) is 2.33. The number of para-hydroxylation sites is 1. The molecule has 0 saturated carbocycles. The molecule has 2 aromatic heterocycles. The second-order valence-corrected chi connectivity index (χ2v) is 4.02. The number of pyridine rings is 1. The maximum absolute atomic E-state index is 5.60. The Morgan fingerprint density at radius 2 is 2.00 bits per heavy atom. The van der Waals surface area contributed by atoms with Crippen LogP contribution >= 0.6 is 0 Å². The highest BCUT2D eigenvalue weighted by atomic mass is 16.5. The van der Waals surface area contributed by atoms with E-state index in [-0.39, 0.29) is 0 Å². The van der Waals surface area contributed by atoms with Crippen LogP contribution in [0.15, 0.2) is 36.5 Å². The molecule has 0 amide bonds. The van der Waals surface area contributed by atoms with Gasteiger partial charge in [0, 0.05) is 29.5 Å². The first-order chi connectivity index (χ1) is 8.33. The molecular weight excluding hydrogens is 212 g/mol. The number of rotatable bonds is 2. The fourth-order valence-corrected chi connectivity index (χ4v) is 2.33. The SMILES string of the molecule is CCOc1nccc2c3ccccc3n(C)c12. The van der Waals surface area contributed by atoms with Crippen molar-refractivity contribution < 1.29 is 4.74 Å². The summed E-state index contributed by atoms with van der Waals surface area (Å²) in [5.41, 5.74) is 2.27. The number of aryl methyl sites for hydroxylation is 1. The number of aromatic nitrogens is 2. The van der Waals surface area contributed by atoms with Gasteiger partial charge in [0.2, 0.25) is 5.88 Å². The first-order valence-electron chi connectivity index (χ1n) is 5.78. The molecule has 86 valence electrons. The van der Waals surface area contributed by atoms with E-state index in [0.717, 1.165) is 5.52 Å². The lowest BCUT2D eigenvalue weighted by Crippen LogP contribution is -1.97. The zero-order chi connectivity index (χ0) is 11.8. The Morgan fingerprint density at radius 1 is 1.18 bits per heavy atom. The normalized spacial score (nSPS) is 11.2. The first-order valence-corrected chi connectivity index (χ1v) is 5.78. The molecule has 3 nitrogen and oxygen atoms in total. The molecule has 0 aliphatic carbocycles. The molecule has 0 aliphatic heterocycles. The molecule has 0 unspecified atom stereocenters. The molecule has 0 aliphatic rings. The first kappa shape index (κ1) is 10.1. The van der Waals surface area contributed by atoms with E-state index in [4.69, 9.17) is 4.74 Å². The van der Waals surface area contributed by atoms with E-state index in [2.05, 4.69) is 40.9 Å². The molecule has 3 aromatic rings. The average Bonchev–Trinajstić information content (AvgIpc) is 2.66. The summed E-state index contributed by atoms with van der Waals surface area (Å²) in [7, 11) is 2.05. The van der Waals surface area contributed by atoms with Gasteiger partial charge in [-0.25, -0.2) is 4.98 Å². The molecular formula is C14H14N2O. The molecule has 0 bridgehead atoms. The number of hydrogen-bond acceptors (Lipinski definition) is 2. The van der Waals surface area contributed by atoms with Gasteiger partial charge in [-0.3, -0.25) is 0 Å². The van der Waals surface area contributed by atoms with Crippen LogP contribution in [0.2, 0.25) is 0 Å². The molecule has 2 heterocycles. The fraction of sp³-hybridized carbons (Fsp3) is 0.214. The van der Waals surface area contributed by atoms with Gasteiger partial charge in [-0.05, 0) is 19.1 Å². The van der Waals surface area contributed by atoms with Crippen LogP contribution < -0.4 is 4.74 Å². The van der Waals surface area contributed by atoms with Crippen molar-refractivity contribution in [3.63, 3.8) is 0 Å². The third-order valence-electron chi connectivity index (χ3n) is 3.06. The Labute approximate surface area is 99.6 Å². The second kappa shape index (κ2) is 3.77. The maximum Gasteiger partial charge on any atom is 0.238 e. The van der Waals surface area contributed by atoms with Gasteiger partial charge in [-0.15, -0.1) is 0 Å². The monoisotopic (exact) mass is 226 g/mol. The number of nitrogens with zero attached hydrogens (tertiary/aromatic N) is 2. The van der Waals surface area contributed by atoms with Crippen molar-refractivity contribution in [3.05, 3.63) is 36.5 Å². The van der Waals surface area contributed by atoms with Crippen LogP contribution in [0.1, 0.15) is 6.92 Å². The maximum atomic E-state index is 5.60. The highest BCUT2D eigenvalue weighted by Crippen LogP contribution is 2.32. The van der Waals surface area contributed by atoms with Gasteiger partial charge in [-0.1, -0.05) is 18.2 Å². The van der Waals surface area contributed by atoms with E-state index in [1.165, 1.54) is 16.3 Å². The molecule has 0 saturated heterocycles. The van der Waals surface area contributed by atoms with Gasteiger partial charge in [0.1, 0.15) is 5.52 Å². The number of ether oxygens (including phenoxy) is 1. The summed E-state index contributed by atoms with van der Waals surface area (Å²) >= 11 is 0. The Kier molecular flexibility index (Phi) is 2.25. The summed E-state index contributed by atoms with van der Waals surface area (Å²) in [5.74, 6) is 0.712. The summed E-state index contributed by atoms with van der Waals surface area (Å²) in [6, 6.07) is 10.4. The van der Waals surface area contributed by atoms with Crippen molar-refractivity contribution in [1.29, 1.82) is 0 Å². The van der Waals surface area contributed by atoms with Gasteiger partial charge < -0.3 is 9.30 Å². The topological polar surface area (TPSA) is 27.1 Å². The van der Waals surface area contributed by atoms with Gasteiger partial charge >= 0.3 is 0 Å². The quantitative estimate of drug-likeness (QED) is 0.671. The summed E-state index contributed by atoms with van der Waals surface area (Å²) < 4.78 is 7.74. The van der Waals surface area contributed by atoms with Crippen LogP contribution in [0.4, 0.5) is 0 Å². The molecule has 0 N–H and O–H groups in total. The number of benzene rings is 1. The molecule has 0 radical (unpaired) electrons. The van der Waals surface area contributed by atoms with E-state index in [0.29, 0.717) is 12.5 Å². The van der Waals surface area contributed by atoms with E-state index >= 15 is 0 Å². The number of hydrogen-bond donors (Lipinski definition) is 0. The highest BCUT2D eigenvalue weighted by molar-refractivity contribution is 6.09. The summed E-state index contributed by atoms with van der Waals surface area (Å²) in [6.07, 6.45) is 1.81. The Balaban J connectivity index is 2.48. The van der Waals surface area contributed by atoms with Crippen molar-refractivity contribution in [2.24, 2.45) is 7.05 Å². The van der Waals surface area contributed by atoms with Gasteiger partial charge in [-0.2, -0.15) is 0 Å². The minimum absolute atomic E-state index is 0.633. The third kappa shape index (κ3) is 1.39. The minimum Gasteiger partial charge on any atom is -0.476 e. The summed E-state index contributed by atoms with van der Waals surface area (Å²) in [4.78, 5) is 4.31. The number of fused-ring (bicyclic) bond motifs is 3. The van der Waals surface area contributed by atoms with E-state index in [1.54, 1.807) is 6.20 Å². The minimum atomic E-state index is 0.633. The highest BCUT2D eigenvalue weighted by Gasteiger charge is 2.12. The van der Waals surface area contributed by atoms with E-state index in [1.807, 2.05) is 13.0 Å². The third-order valence-corrected chi connectivity index (χ3v) is 3.06. The van der Waals surface area contributed by atoms with E-state index in [9.17, 15) is 0 Å². The summed E-state index contributed by atoms with van der Waals surface area (Å²) in [5, 5.41) is 2.44. The Hall–Kier alpha value is -2.03. The van der Waals surface area contributed by atoms with Crippen LogP contribution in [-0.4, -0.2) is 16.2 Å². The van der Waals surface area contributed by atoms with E-state index < -0.39 is 0 Å². The van der Waals surface area contributed by atoms with Crippen LogP contribution in [0.3, 0.4) is 0 Å². The lowest BCUT2D eigenvalue weighted by atomic mass is 10.2. The average molecular weight is 226 g/mol. The van der Waals surface area contributed by atoms with Crippen molar-refractivity contribution in [2.75, 3.05) is 6.61 Å². The Morgan fingerprint density at radius 3 is 2.82 bits per heavy atom. The zero-order valence-corrected chi connectivity index (χ0v) is 9.97. The molecule has 3 rings (SSSR count). The predicted octanol–water partition coefficient (Wildman–Crippen LogP) is 3.13. The largest absolute Gasteiger partial charge is 0.476 e. The van der Waals surface area contributed by atoms with Crippen LogP contribution in [-0.2, 0) is 7.05 Å². The predicted molar refractivity (Wildman–Crippen MR) is 69.4 cm³/mol. The smallest absolute Gasteiger partial charge is 0.238 e. The Bertz CT molecular complexity index is 685. The van der Waals surface area contributed by atoms with Crippen molar-refractivity contribution >= 4 is 21.8 Å². The van der Waals surface area contributed by atoms with Gasteiger partial charge in [0.25, 0.3) is 0 Å². The standard InChI is InChI=1S/C14H14N2O/c1-3-17-14-13-11(8-9-15-14)10-6-4-5-7-12(10)16(13)2/h4-9H,3H2,1-2H3. The van der Waals surface area contributed by atoms with Crippen molar-refractivity contribution in [2.45, 2.75) is 6.92 Å². The molecule has 0 spiro atoms. The molecule has 17 heavy (non-hydrogen) atoms. The van der Waals surface area contributed by atoms with Gasteiger partial charge in [0.05, 0.1) is 6.61 Å². The van der Waals surface area contributed by atoms with Crippen molar-refractivity contribution in [3.8, 4) is 5.88 Å². The lowest BCUT2D eigenvalue weighted by molar-refractivity contribution is 0.330. The zero-order valence-electron chi connectivity index (χ0n) is 9.97. The lowest BCUT2D eigenvalue weighted by Gasteiger charge is -2.05. The molecule has 0 atom stereocenters. The molecule has 3 heteroatoms. The van der Waals surface area contributed by atoms with Crippen LogP contribution in [0.5, 0.6) is 5.88 Å². The second-order valence-electron chi connectivity index (χ2n) is 4.02.